The lowest BCUT2D eigenvalue weighted by Crippen LogP contribution is -2.33. The summed E-state index contributed by atoms with van der Waals surface area (Å²) in [6, 6.07) is 18.4. The molecule has 8 heteroatoms. The average Bonchev–Trinajstić information content (AvgIpc) is 2.63. The van der Waals surface area contributed by atoms with Crippen LogP contribution in [-0.4, -0.2) is 70.4 Å². The van der Waals surface area contributed by atoms with Crippen LogP contribution in [0.15, 0.2) is 48.5 Å². The van der Waals surface area contributed by atoms with E-state index in [9.17, 15) is 0 Å². The molecule has 16 radical (unpaired) electrons. The lowest BCUT2D eigenvalue weighted by atomic mass is 10.0. The Balaban J connectivity index is 2.17. The summed E-state index contributed by atoms with van der Waals surface area (Å²) in [5.74, 6) is 0. The van der Waals surface area contributed by atoms with Gasteiger partial charge in [-0.25, -0.2) is 0 Å². The van der Waals surface area contributed by atoms with E-state index in [1.807, 2.05) is 0 Å². The Kier molecular flexibility index (Phi) is 7.45. The van der Waals surface area contributed by atoms with Crippen LogP contribution in [0.3, 0.4) is 0 Å². The van der Waals surface area contributed by atoms with Gasteiger partial charge in [-0.15, -0.1) is 0 Å². The van der Waals surface area contributed by atoms with Gasteiger partial charge >= 0.3 is 0 Å². The largest absolute Gasteiger partial charge is 0.0761 e. The van der Waals surface area contributed by atoms with E-state index in [-0.39, 0.29) is 0 Å². The van der Waals surface area contributed by atoms with Crippen molar-refractivity contribution in [2.24, 2.45) is 0 Å². The standard InChI is InChI=1S/C16H14Si8/c1-17-21-23-19-15-11-7-3-5-9-13(11)16(20-24-22-18-2)14-10-6-4-8-12(14)15/h3-10H,1-2H3. The van der Waals surface area contributed by atoms with Crippen molar-refractivity contribution in [1.82, 2.24) is 0 Å². The molecule has 3 aromatic carbocycles. The molecule has 0 heterocycles. The second-order valence-electron chi connectivity index (χ2n) is 5.09. The smallest absolute Gasteiger partial charge is 0.0621 e. The van der Waals surface area contributed by atoms with Gasteiger partial charge in [-0.05, 0) is 21.5 Å². The topological polar surface area (TPSA) is 0 Å². The Morgan fingerprint density at radius 1 is 0.500 bits per heavy atom. The number of hydrogen-bond donors (Lipinski definition) is 0. The van der Waals surface area contributed by atoms with Gasteiger partial charge in [0.25, 0.3) is 0 Å². The molecule has 24 heavy (non-hydrogen) atoms. The van der Waals surface area contributed by atoms with E-state index in [0.717, 1.165) is 70.4 Å². The highest BCUT2D eigenvalue weighted by atomic mass is 29.7. The first-order valence-electron chi connectivity index (χ1n) is 7.65. The molecule has 0 spiro atoms. The van der Waals surface area contributed by atoms with Crippen molar-refractivity contribution in [3.63, 3.8) is 0 Å². The van der Waals surface area contributed by atoms with Crippen molar-refractivity contribution < 1.29 is 0 Å². The van der Waals surface area contributed by atoms with Gasteiger partial charge in [0.2, 0.25) is 0 Å². The van der Waals surface area contributed by atoms with Crippen molar-refractivity contribution >= 4 is 102 Å². The lowest BCUT2D eigenvalue weighted by Gasteiger charge is -2.16. The molecular formula is C16H14Si8. The molecular weight excluding hydrogens is 417 g/mol. The summed E-state index contributed by atoms with van der Waals surface area (Å²) in [6.45, 7) is 4.68. The summed E-state index contributed by atoms with van der Waals surface area (Å²) in [6.07, 6.45) is 0. The van der Waals surface area contributed by atoms with Crippen LogP contribution < -0.4 is 10.4 Å². The molecule has 0 unspecified atom stereocenters. The highest BCUT2D eigenvalue weighted by Gasteiger charge is 2.13. The molecule has 0 aliphatic rings. The molecule has 110 valence electrons. The van der Waals surface area contributed by atoms with Gasteiger partial charge in [-0.2, -0.15) is 0 Å². The molecule has 0 saturated heterocycles. The van der Waals surface area contributed by atoms with Crippen molar-refractivity contribution in [2.45, 2.75) is 13.1 Å². The highest BCUT2D eigenvalue weighted by molar-refractivity contribution is 7.47. The fourth-order valence-corrected chi connectivity index (χ4v) is 24.0. The third-order valence-corrected chi connectivity index (χ3v) is 26.5. The molecule has 0 aliphatic carbocycles. The molecule has 0 aromatic heterocycles. The first-order chi connectivity index (χ1) is 11.9. The quantitative estimate of drug-likeness (QED) is 0.277. The molecule has 0 nitrogen and oxygen atoms in total. The minimum absolute atomic E-state index is 0.973. The second-order valence-corrected chi connectivity index (χ2v) is 25.1. The SMILES string of the molecule is C[Si][Si][Si][Si]c1c2ccccc2c([Si][Si][Si][Si]C)c2ccccc12. The molecule has 0 N–H and O–H groups in total. The maximum atomic E-state index is 2.37. The normalized spacial score (nSPS) is 11.4. The third kappa shape index (κ3) is 4.18. The van der Waals surface area contributed by atoms with Crippen LogP contribution in [0, 0.1) is 0 Å². The predicted molar refractivity (Wildman–Crippen MR) is 118 cm³/mol. The van der Waals surface area contributed by atoms with Crippen LogP contribution in [0.25, 0.3) is 21.5 Å². The van der Waals surface area contributed by atoms with E-state index in [1.54, 1.807) is 10.4 Å². The Bertz CT molecular complexity index is 695. The zero-order valence-corrected chi connectivity index (χ0v) is 21.6. The van der Waals surface area contributed by atoms with Gasteiger partial charge in [0.1, 0.15) is 0 Å². The summed E-state index contributed by atoms with van der Waals surface area (Å²) >= 11 is 0. The predicted octanol–water partition coefficient (Wildman–Crippen LogP) is 0.463. The maximum absolute atomic E-state index is 2.37. The van der Waals surface area contributed by atoms with Crippen LogP contribution in [0.5, 0.6) is 0 Å². The van der Waals surface area contributed by atoms with E-state index in [4.69, 9.17) is 0 Å². The summed E-state index contributed by atoms with van der Waals surface area (Å²) < 4.78 is 0. The summed E-state index contributed by atoms with van der Waals surface area (Å²) in [5.41, 5.74) is 0. The third-order valence-electron chi connectivity index (χ3n) is 3.68. The first-order valence-corrected chi connectivity index (χ1v) is 22.7. The number of fused-ring (bicyclic) bond motifs is 2. The number of hydrogen-bond acceptors (Lipinski definition) is 0. The number of benzene rings is 3. The lowest BCUT2D eigenvalue weighted by molar-refractivity contribution is 1.80. The first kappa shape index (κ1) is 18.7. The fraction of sp³-hybridized carbons (Fsp3) is 0.125. The zero-order chi connectivity index (χ0) is 16.8. The van der Waals surface area contributed by atoms with Crippen molar-refractivity contribution in [3.05, 3.63) is 48.5 Å². The summed E-state index contributed by atoms with van der Waals surface area (Å²) in [4.78, 5) is 0. The van der Waals surface area contributed by atoms with Crippen LogP contribution in [0.4, 0.5) is 0 Å². The van der Waals surface area contributed by atoms with Gasteiger partial charge in [-0.3, -0.25) is 0 Å². The second kappa shape index (κ2) is 9.57. The Labute approximate surface area is 163 Å². The van der Waals surface area contributed by atoms with E-state index < -0.39 is 0 Å². The highest BCUT2D eigenvalue weighted by Crippen LogP contribution is 2.18. The summed E-state index contributed by atoms with van der Waals surface area (Å²) in [7, 11) is 8.69. The molecule has 3 rings (SSSR count). The van der Waals surface area contributed by atoms with Gasteiger partial charge in [0.15, 0.2) is 0 Å². The molecule has 0 aliphatic heterocycles. The van der Waals surface area contributed by atoms with Crippen LogP contribution in [0.1, 0.15) is 0 Å². The summed E-state index contributed by atoms with van der Waals surface area (Å²) in [5, 5.41) is 9.37. The Morgan fingerprint density at radius 3 is 1.12 bits per heavy atom. The van der Waals surface area contributed by atoms with Gasteiger partial charge in [0.05, 0.1) is 18.1 Å². The van der Waals surface area contributed by atoms with Crippen molar-refractivity contribution in [1.29, 1.82) is 0 Å². The molecule has 0 saturated carbocycles. The monoisotopic (exact) mass is 430 g/mol. The van der Waals surface area contributed by atoms with Crippen LogP contribution >= 0.6 is 0 Å². The van der Waals surface area contributed by atoms with E-state index >= 15 is 0 Å². The van der Waals surface area contributed by atoms with Crippen molar-refractivity contribution in [3.8, 4) is 0 Å². The molecule has 3 aromatic rings. The zero-order valence-electron chi connectivity index (χ0n) is 13.6. The molecule has 0 fully saturated rings. The molecule has 0 atom stereocenters. The molecule has 0 amide bonds. The number of rotatable bonds is 8. The van der Waals surface area contributed by atoms with Gasteiger partial charge < -0.3 is 0 Å². The van der Waals surface area contributed by atoms with Gasteiger partial charge in [0, 0.05) is 52.3 Å². The maximum Gasteiger partial charge on any atom is 0.0621 e. The van der Waals surface area contributed by atoms with E-state index in [2.05, 4.69) is 61.6 Å². The Hall–Kier alpha value is -0.0849. The van der Waals surface area contributed by atoms with E-state index in [1.165, 1.54) is 21.5 Å². The minimum Gasteiger partial charge on any atom is -0.0761 e. The van der Waals surface area contributed by atoms with Gasteiger partial charge in [-0.1, -0.05) is 72.0 Å². The average molecular weight is 431 g/mol. The van der Waals surface area contributed by atoms with Crippen molar-refractivity contribution in [2.75, 3.05) is 0 Å². The van der Waals surface area contributed by atoms with E-state index in [0.29, 0.717) is 0 Å². The molecule has 0 bridgehead atoms. The van der Waals surface area contributed by atoms with Crippen LogP contribution in [0.2, 0.25) is 13.1 Å². The van der Waals surface area contributed by atoms with Crippen LogP contribution in [-0.2, 0) is 0 Å². The Morgan fingerprint density at radius 2 is 0.833 bits per heavy atom. The fourth-order valence-electron chi connectivity index (χ4n) is 2.71. The minimum atomic E-state index is 0.973.